The maximum Gasteiger partial charge on any atom is 0.193 e. The molecular weight excluding hydrogens is 228 g/mol. The normalized spacial score (nSPS) is 10.4. The van der Waals surface area contributed by atoms with Gasteiger partial charge >= 0.3 is 0 Å². The van der Waals surface area contributed by atoms with Crippen molar-refractivity contribution < 1.29 is 4.79 Å². The van der Waals surface area contributed by atoms with Gasteiger partial charge in [0, 0.05) is 13.1 Å². The number of hydrogen-bond donors (Lipinski definition) is 0. The summed E-state index contributed by atoms with van der Waals surface area (Å²) in [4.78, 5) is 16.4. The van der Waals surface area contributed by atoms with Gasteiger partial charge in [0.1, 0.15) is 5.69 Å². The average molecular weight is 237 g/mol. The number of pyridine rings is 1. The first kappa shape index (κ1) is 10.8. The Morgan fingerprint density at radius 2 is 2.19 bits per heavy atom. The summed E-state index contributed by atoms with van der Waals surface area (Å²) in [7, 11) is 0. The minimum Gasteiger partial charge on any atom is -0.293 e. The van der Waals surface area contributed by atoms with Gasteiger partial charge in [-0.3, -0.25) is 4.79 Å². The predicted molar refractivity (Wildman–Crippen MR) is 58.9 cm³/mol. The Morgan fingerprint density at radius 1 is 1.44 bits per heavy atom. The zero-order valence-corrected chi connectivity index (χ0v) is 9.56. The summed E-state index contributed by atoms with van der Waals surface area (Å²) in [5.74, 6) is 0.272. The lowest BCUT2D eigenvalue weighted by Crippen LogP contribution is -2.04. The number of nitrogens with zero attached hydrogens (tertiary/aromatic N) is 4. The molecule has 82 valence electrons. The van der Waals surface area contributed by atoms with Gasteiger partial charge in [0.2, 0.25) is 0 Å². The highest BCUT2D eigenvalue weighted by Crippen LogP contribution is 2.17. The Hall–Kier alpha value is -1.75. The van der Waals surface area contributed by atoms with Crippen LogP contribution in [0.3, 0.4) is 0 Å². The van der Waals surface area contributed by atoms with E-state index in [-0.39, 0.29) is 5.78 Å². The molecule has 0 radical (unpaired) electrons. The number of aromatic nitrogens is 4. The predicted octanol–water partition coefficient (Wildman–Crippen LogP) is 1.83. The van der Waals surface area contributed by atoms with Gasteiger partial charge in [0.15, 0.2) is 11.6 Å². The molecule has 5 nitrogen and oxygen atoms in total. The highest BCUT2D eigenvalue weighted by atomic mass is 35.5. The van der Waals surface area contributed by atoms with Crippen LogP contribution in [0.2, 0.25) is 5.02 Å². The molecule has 0 N–H and O–H groups in total. The third-order valence-electron chi connectivity index (χ3n) is 2.00. The van der Waals surface area contributed by atoms with E-state index in [1.54, 1.807) is 12.3 Å². The third kappa shape index (κ3) is 1.94. The number of hydrogen-bond acceptors (Lipinski definition) is 4. The molecule has 2 rings (SSSR count). The molecule has 2 aromatic heterocycles. The van der Waals surface area contributed by atoms with Crippen LogP contribution in [-0.2, 0) is 0 Å². The number of carbonyl (C=O) groups is 1. The summed E-state index contributed by atoms with van der Waals surface area (Å²) < 4.78 is 0. The summed E-state index contributed by atoms with van der Waals surface area (Å²) >= 11 is 6.00. The Kier molecular flexibility index (Phi) is 2.70. The van der Waals surface area contributed by atoms with Crippen molar-refractivity contribution in [2.45, 2.75) is 13.8 Å². The highest BCUT2D eigenvalue weighted by molar-refractivity contribution is 6.32. The molecule has 0 saturated carbocycles. The maximum atomic E-state index is 11.1. The standard InChI is InChI=1S/C10H9ClN4O/c1-6-3-8(11)10(12-4-6)15-13-5-9(14-15)7(2)16/h3-5H,1-2H3. The second-order valence-corrected chi connectivity index (χ2v) is 3.80. The fourth-order valence-electron chi connectivity index (χ4n) is 1.20. The first-order valence-electron chi connectivity index (χ1n) is 4.64. The van der Waals surface area contributed by atoms with E-state index in [0.29, 0.717) is 16.5 Å². The SMILES string of the molecule is CC(=O)c1cnn(-c2ncc(C)cc2Cl)n1. The molecule has 0 bridgehead atoms. The van der Waals surface area contributed by atoms with Crippen molar-refractivity contribution in [2.24, 2.45) is 0 Å². The van der Waals surface area contributed by atoms with Crippen LogP contribution in [0.1, 0.15) is 23.0 Å². The van der Waals surface area contributed by atoms with Crippen molar-refractivity contribution in [3.63, 3.8) is 0 Å². The molecule has 6 heteroatoms. The molecule has 0 amide bonds. The van der Waals surface area contributed by atoms with Crippen LogP contribution in [-0.4, -0.2) is 25.8 Å². The van der Waals surface area contributed by atoms with Crippen molar-refractivity contribution in [1.82, 2.24) is 20.0 Å². The van der Waals surface area contributed by atoms with Gasteiger partial charge in [-0.15, -0.1) is 9.90 Å². The molecular formula is C10H9ClN4O. The summed E-state index contributed by atoms with van der Waals surface area (Å²) in [5, 5.41) is 8.37. The van der Waals surface area contributed by atoms with Gasteiger partial charge in [-0.1, -0.05) is 11.6 Å². The summed E-state index contributed by atoms with van der Waals surface area (Å²) in [6, 6.07) is 1.76. The van der Waals surface area contributed by atoms with Gasteiger partial charge < -0.3 is 0 Å². The van der Waals surface area contributed by atoms with E-state index >= 15 is 0 Å². The molecule has 16 heavy (non-hydrogen) atoms. The molecule has 0 aliphatic carbocycles. The first-order chi connectivity index (χ1) is 7.58. The largest absolute Gasteiger partial charge is 0.293 e. The molecule has 0 saturated heterocycles. The van der Waals surface area contributed by atoms with Gasteiger partial charge in [-0.05, 0) is 18.6 Å². The zero-order valence-electron chi connectivity index (χ0n) is 8.81. The van der Waals surface area contributed by atoms with E-state index in [2.05, 4.69) is 15.2 Å². The van der Waals surface area contributed by atoms with Gasteiger partial charge in [-0.25, -0.2) is 4.98 Å². The van der Waals surface area contributed by atoms with Crippen molar-refractivity contribution in [1.29, 1.82) is 0 Å². The highest BCUT2D eigenvalue weighted by Gasteiger charge is 2.10. The second kappa shape index (κ2) is 4.02. The fourth-order valence-corrected chi connectivity index (χ4v) is 1.50. The van der Waals surface area contributed by atoms with Crippen LogP contribution in [0.5, 0.6) is 0 Å². The number of aryl methyl sites for hydroxylation is 1. The smallest absolute Gasteiger partial charge is 0.193 e. The van der Waals surface area contributed by atoms with E-state index in [9.17, 15) is 4.79 Å². The van der Waals surface area contributed by atoms with E-state index < -0.39 is 0 Å². The van der Waals surface area contributed by atoms with Crippen LogP contribution in [0, 0.1) is 6.92 Å². The van der Waals surface area contributed by atoms with Crippen molar-refractivity contribution in [3.8, 4) is 5.82 Å². The Bertz CT molecular complexity index is 550. The summed E-state index contributed by atoms with van der Waals surface area (Å²) in [6.45, 7) is 3.32. The molecule has 0 fully saturated rings. The monoisotopic (exact) mass is 236 g/mol. The number of halogens is 1. The van der Waals surface area contributed by atoms with Crippen molar-refractivity contribution in [2.75, 3.05) is 0 Å². The average Bonchev–Trinajstić information content (AvgIpc) is 2.66. The third-order valence-corrected chi connectivity index (χ3v) is 2.28. The molecule has 0 unspecified atom stereocenters. The number of ketones is 1. The first-order valence-corrected chi connectivity index (χ1v) is 5.01. The summed E-state index contributed by atoms with van der Waals surface area (Å²) in [5.41, 5.74) is 1.24. The molecule has 0 aliphatic heterocycles. The van der Waals surface area contributed by atoms with Crippen LogP contribution in [0.15, 0.2) is 18.5 Å². The molecule has 0 atom stereocenters. The lowest BCUT2D eigenvalue weighted by atomic mass is 10.3. The van der Waals surface area contributed by atoms with Crippen LogP contribution in [0.25, 0.3) is 5.82 Å². The van der Waals surface area contributed by atoms with Crippen molar-refractivity contribution in [3.05, 3.63) is 34.7 Å². The van der Waals surface area contributed by atoms with Gasteiger partial charge in [0.25, 0.3) is 0 Å². The maximum absolute atomic E-state index is 11.1. The molecule has 2 aromatic rings. The fraction of sp³-hybridized carbons (Fsp3) is 0.200. The van der Waals surface area contributed by atoms with Crippen LogP contribution >= 0.6 is 11.6 Å². The second-order valence-electron chi connectivity index (χ2n) is 3.39. The molecule has 2 heterocycles. The number of rotatable bonds is 2. The Morgan fingerprint density at radius 3 is 2.75 bits per heavy atom. The minimum atomic E-state index is -0.144. The Labute approximate surface area is 97.1 Å². The molecule has 0 spiro atoms. The van der Waals surface area contributed by atoms with Gasteiger partial charge in [0.05, 0.1) is 11.2 Å². The van der Waals surface area contributed by atoms with E-state index in [1.807, 2.05) is 6.92 Å². The molecule has 0 aliphatic rings. The minimum absolute atomic E-state index is 0.144. The summed E-state index contributed by atoms with van der Waals surface area (Å²) in [6.07, 6.45) is 3.05. The lowest BCUT2D eigenvalue weighted by Gasteiger charge is -2.01. The quantitative estimate of drug-likeness (QED) is 0.747. The molecule has 0 aromatic carbocycles. The van der Waals surface area contributed by atoms with E-state index in [4.69, 9.17) is 11.6 Å². The van der Waals surface area contributed by atoms with Gasteiger partial charge in [-0.2, -0.15) is 5.10 Å². The zero-order chi connectivity index (χ0) is 11.7. The topological polar surface area (TPSA) is 60.7 Å². The van der Waals surface area contributed by atoms with Crippen molar-refractivity contribution >= 4 is 17.4 Å². The number of carbonyl (C=O) groups excluding carboxylic acids is 1. The van der Waals surface area contributed by atoms with Crippen LogP contribution in [0.4, 0.5) is 0 Å². The number of Topliss-reactive ketones (excluding diaryl/α,β-unsaturated/α-hetero) is 1. The Balaban J connectivity index is 2.46. The van der Waals surface area contributed by atoms with E-state index in [1.165, 1.54) is 17.9 Å². The van der Waals surface area contributed by atoms with E-state index in [0.717, 1.165) is 5.56 Å². The lowest BCUT2D eigenvalue weighted by molar-refractivity contribution is 0.101. The van der Waals surface area contributed by atoms with Crippen LogP contribution < -0.4 is 0 Å².